The predicted octanol–water partition coefficient (Wildman–Crippen LogP) is 4.33. The summed E-state index contributed by atoms with van der Waals surface area (Å²) in [5, 5.41) is 8.97. The average Bonchev–Trinajstić information content (AvgIpc) is 2.53. The van der Waals surface area contributed by atoms with Crippen LogP contribution in [0.25, 0.3) is 6.08 Å². The highest BCUT2D eigenvalue weighted by Crippen LogP contribution is 2.13. The highest BCUT2D eigenvalue weighted by atomic mass is 16.5. The zero-order valence-electron chi connectivity index (χ0n) is 12.8. The third-order valence-corrected chi connectivity index (χ3v) is 3.48. The Morgan fingerprint density at radius 1 is 1.38 bits per heavy atom. The van der Waals surface area contributed by atoms with E-state index < -0.39 is 0 Å². The number of carbonyl (C=O) groups is 1. The Labute approximate surface area is 127 Å². The fourth-order valence-corrected chi connectivity index (χ4v) is 2.05. The molecule has 0 aliphatic rings. The van der Waals surface area contributed by atoms with Crippen molar-refractivity contribution in [2.45, 2.75) is 39.5 Å². The summed E-state index contributed by atoms with van der Waals surface area (Å²) in [6, 6.07) is 9.26. The topological polar surface area (TPSA) is 50.1 Å². The minimum atomic E-state index is -0.349. The van der Waals surface area contributed by atoms with Gasteiger partial charge in [-0.2, -0.15) is 5.26 Å². The molecule has 0 radical (unpaired) electrons. The molecule has 21 heavy (non-hydrogen) atoms. The van der Waals surface area contributed by atoms with Crippen LogP contribution >= 0.6 is 0 Å². The average molecular weight is 285 g/mol. The SMILES string of the molecule is CCCCC(CC)COC(=O)/C=C/c1ccccc1C#N. The lowest BCUT2D eigenvalue weighted by Crippen LogP contribution is -2.12. The van der Waals surface area contributed by atoms with Gasteiger partial charge in [-0.3, -0.25) is 0 Å². The molecule has 0 aliphatic heterocycles. The van der Waals surface area contributed by atoms with E-state index in [0.717, 1.165) is 24.8 Å². The zero-order valence-corrected chi connectivity index (χ0v) is 12.8. The summed E-state index contributed by atoms with van der Waals surface area (Å²) in [6.45, 7) is 4.75. The minimum absolute atomic E-state index is 0.349. The van der Waals surface area contributed by atoms with Crippen LogP contribution in [0.1, 0.15) is 50.7 Å². The molecule has 3 nitrogen and oxygen atoms in total. The molecule has 0 heterocycles. The summed E-state index contributed by atoms with van der Waals surface area (Å²) < 4.78 is 5.28. The van der Waals surface area contributed by atoms with Gasteiger partial charge in [0.05, 0.1) is 18.2 Å². The van der Waals surface area contributed by atoms with Gasteiger partial charge in [0.1, 0.15) is 0 Å². The molecule has 1 aromatic carbocycles. The van der Waals surface area contributed by atoms with Gasteiger partial charge < -0.3 is 4.74 Å². The number of carbonyl (C=O) groups excluding carboxylic acids is 1. The standard InChI is InChI=1S/C18H23NO2/c1-3-5-8-15(4-2)14-21-18(20)12-11-16-9-6-7-10-17(16)13-19/h6-7,9-12,15H,3-5,8,14H2,1-2H3/b12-11+. The van der Waals surface area contributed by atoms with Crippen LogP contribution in [0.15, 0.2) is 30.3 Å². The maximum absolute atomic E-state index is 11.7. The quantitative estimate of drug-likeness (QED) is 0.527. The summed E-state index contributed by atoms with van der Waals surface area (Å²) in [4.78, 5) is 11.7. The van der Waals surface area contributed by atoms with Crippen LogP contribution in [0.3, 0.4) is 0 Å². The first-order valence-corrected chi connectivity index (χ1v) is 7.55. The molecule has 1 atom stereocenters. The maximum atomic E-state index is 11.7. The lowest BCUT2D eigenvalue weighted by molar-refractivity contribution is -0.139. The number of esters is 1. The van der Waals surface area contributed by atoms with Crippen LogP contribution in [-0.2, 0) is 9.53 Å². The van der Waals surface area contributed by atoms with Crippen LogP contribution < -0.4 is 0 Å². The van der Waals surface area contributed by atoms with Crippen molar-refractivity contribution >= 4 is 12.0 Å². The maximum Gasteiger partial charge on any atom is 0.330 e. The molecule has 0 N–H and O–H groups in total. The van der Waals surface area contributed by atoms with E-state index in [0.29, 0.717) is 18.1 Å². The molecule has 0 saturated carbocycles. The number of hydrogen-bond donors (Lipinski definition) is 0. The first-order chi connectivity index (χ1) is 10.2. The van der Waals surface area contributed by atoms with E-state index in [4.69, 9.17) is 10.00 Å². The Morgan fingerprint density at radius 3 is 2.81 bits per heavy atom. The second-order valence-electron chi connectivity index (χ2n) is 5.08. The predicted molar refractivity (Wildman–Crippen MR) is 84.5 cm³/mol. The monoisotopic (exact) mass is 285 g/mol. The van der Waals surface area contributed by atoms with Gasteiger partial charge in [-0.25, -0.2) is 4.79 Å². The van der Waals surface area contributed by atoms with Crippen LogP contribution in [0.4, 0.5) is 0 Å². The van der Waals surface area contributed by atoms with Crippen LogP contribution in [0.2, 0.25) is 0 Å². The van der Waals surface area contributed by atoms with Crippen molar-refractivity contribution in [3.05, 3.63) is 41.5 Å². The van der Waals surface area contributed by atoms with Crippen molar-refractivity contribution in [2.24, 2.45) is 5.92 Å². The largest absolute Gasteiger partial charge is 0.462 e. The molecule has 0 amide bonds. The molecule has 112 valence electrons. The number of nitriles is 1. The van der Waals surface area contributed by atoms with Crippen LogP contribution in [0.5, 0.6) is 0 Å². The van der Waals surface area contributed by atoms with E-state index in [1.807, 2.05) is 6.07 Å². The Hall–Kier alpha value is -2.08. The van der Waals surface area contributed by atoms with Gasteiger partial charge in [0.25, 0.3) is 0 Å². The Balaban J connectivity index is 2.49. The summed E-state index contributed by atoms with van der Waals surface area (Å²) >= 11 is 0. The lowest BCUT2D eigenvalue weighted by atomic mass is 10.0. The van der Waals surface area contributed by atoms with Gasteiger partial charge in [0, 0.05) is 6.08 Å². The van der Waals surface area contributed by atoms with Crippen molar-refractivity contribution in [2.75, 3.05) is 6.61 Å². The molecule has 0 spiro atoms. The Bertz CT molecular complexity index is 514. The smallest absolute Gasteiger partial charge is 0.330 e. The van der Waals surface area contributed by atoms with E-state index in [2.05, 4.69) is 19.9 Å². The first kappa shape index (κ1) is 17.0. The minimum Gasteiger partial charge on any atom is -0.462 e. The van der Waals surface area contributed by atoms with Gasteiger partial charge in [-0.05, 0) is 30.0 Å². The molecule has 0 saturated heterocycles. The van der Waals surface area contributed by atoms with E-state index >= 15 is 0 Å². The molecule has 0 fully saturated rings. The fraction of sp³-hybridized carbons (Fsp3) is 0.444. The van der Waals surface area contributed by atoms with E-state index in [1.165, 1.54) is 12.5 Å². The van der Waals surface area contributed by atoms with Crippen molar-refractivity contribution in [3.8, 4) is 6.07 Å². The summed E-state index contributed by atoms with van der Waals surface area (Å²) in [5.41, 5.74) is 1.28. The molecular formula is C18H23NO2. The number of ether oxygens (including phenoxy) is 1. The zero-order chi connectivity index (χ0) is 15.5. The van der Waals surface area contributed by atoms with Crippen molar-refractivity contribution < 1.29 is 9.53 Å². The second kappa shape index (κ2) is 9.77. The molecule has 1 unspecified atom stereocenters. The summed E-state index contributed by atoms with van der Waals surface area (Å²) in [7, 11) is 0. The van der Waals surface area contributed by atoms with Gasteiger partial charge >= 0.3 is 5.97 Å². The third kappa shape index (κ3) is 6.27. The second-order valence-corrected chi connectivity index (χ2v) is 5.08. The van der Waals surface area contributed by atoms with Gasteiger partial charge in [-0.15, -0.1) is 0 Å². The highest BCUT2D eigenvalue weighted by molar-refractivity contribution is 5.87. The molecule has 1 rings (SSSR count). The summed E-state index contributed by atoms with van der Waals surface area (Å²) in [6.07, 6.45) is 7.48. The van der Waals surface area contributed by atoms with Gasteiger partial charge in [0.15, 0.2) is 0 Å². The van der Waals surface area contributed by atoms with E-state index in [-0.39, 0.29) is 5.97 Å². The number of unbranched alkanes of at least 4 members (excludes halogenated alkanes) is 1. The van der Waals surface area contributed by atoms with E-state index in [1.54, 1.807) is 24.3 Å². The third-order valence-electron chi connectivity index (χ3n) is 3.48. The normalized spacial score (nSPS) is 12.0. The van der Waals surface area contributed by atoms with Gasteiger partial charge in [-0.1, -0.05) is 51.3 Å². The molecule has 0 bridgehead atoms. The fourth-order valence-electron chi connectivity index (χ4n) is 2.05. The molecule has 0 aromatic heterocycles. The molecular weight excluding hydrogens is 262 g/mol. The Kier molecular flexibility index (Phi) is 7.89. The molecule has 3 heteroatoms. The molecule has 0 aliphatic carbocycles. The number of benzene rings is 1. The van der Waals surface area contributed by atoms with Crippen LogP contribution in [0, 0.1) is 17.2 Å². The van der Waals surface area contributed by atoms with Crippen molar-refractivity contribution in [3.63, 3.8) is 0 Å². The van der Waals surface area contributed by atoms with Crippen LogP contribution in [-0.4, -0.2) is 12.6 Å². The number of hydrogen-bond acceptors (Lipinski definition) is 3. The Morgan fingerprint density at radius 2 is 2.14 bits per heavy atom. The lowest BCUT2D eigenvalue weighted by Gasteiger charge is -2.13. The van der Waals surface area contributed by atoms with Crippen molar-refractivity contribution in [1.82, 2.24) is 0 Å². The van der Waals surface area contributed by atoms with E-state index in [9.17, 15) is 4.79 Å². The number of nitrogens with zero attached hydrogens (tertiary/aromatic N) is 1. The van der Waals surface area contributed by atoms with Crippen molar-refractivity contribution in [1.29, 1.82) is 5.26 Å². The van der Waals surface area contributed by atoms with Gasteiger partial charge in [0.2, 0.25) is 0 Å². The first-order valence-electron chi connectivity index (χ1n) is 7.55. The highest BCUT2D eigenvalue weighted by Gasteiger charge is 2.08. The number of rotatable bonds is 8. The summed E-state index contributed by atoms with van der Waals surface area (Å²) in [5.74, 6) is 0.0892. The molecule has 1 aromatic rings.